The van der Waals surface area contributed by atoms with Crippen LogP contribution >= 0.6 is 11.8 Å². The topological polar surface area (TPSA) is 84.7 Å². The molecule has 1 atom stereocenters. The molecule has 0 aliphatic carbocycles. The molecule has 0 radical (unpaired) electrons. The second-order valence-electron chi connectivity index (χ2n) is 6.77. The van der Waals surface area contributed by atoms with Gasteiger partial charge >= 0.3 is 0 Å². The van der Waals surface area contributed by atoms with Gasteiger partial charge in [-0.1, -0.05) is 30.8 Å². The van der Waals surface area contributed by atoms with Crippen molar-refractivity contribution in [2.24, 2.45) is 0 Å². The molecule has 0 saturated carbocycles. The van der Waals surface area contributed by atoms with Crippen LogP contribution in [0.15, 0.2) is 65.2 Å². The van der Waals surface area contributed by atoms with Gasteiger partial charge in [-0.3, -0.25) is 9.78 Å². The quantitative estimate of drug-likeness (QED) is 0.623. The minimum atomic E-state index is -0.391. The number of amides is 1. The molecule has 2 N–H and O–H groups in total. The summed E-state index contributed by atoms with van der Waals surface area (Å²) >= 11 is 1.57. The number of rotatable bonds is 5. The molecule has 29 heavy (non-hydrogen) atoms. The van der Waals surface area contributed by atoms with Crippen LogP contribution in [0.2, 0.25) is 0 Å². The predicted octanol–water partition coefficient (Wildman–Crippen LogP) is 4.02. The summed E-state index contributed by atoms with van der Waals surface area (Å²) < 4.78 is 1.78. The van der Waals surface area contributed by atoms with E-state index in [9.17, 15) is 4.79 Å². The molecule has 1 aromatic carbocycles. The van der Waals surface area contributed by atoms with E-state index in [4.69, 9.17) is 0 Å². The molecule has 3 heterocycles. The molecular weight excluding hydrogens is 384 g/mol. The summed E-state index contributed by atoms with van der Waals surface area (Å²) in [5.41, 5.74) is 4.12. The summed E-state index contributed by atoms with van der Waals surface area (Å²) in [6.45, 7) is 5.95. The highest BCUT2D eigenvalue weighted by atomic mass is 32.2. The molecule has 0 bridgehead atoms. The molecular formula is C21H22N6OS. The Morgan fingerprint density at radius 1 is 1.24 bits per heavy atom. The summed E-state index contributed by atoms with van der Waals surface area (Å²) in [4.78, 5) is 22.0. The van der Waals surface area contributed by atoms with Crippen LogP contribution in [0, 0.1) is 6.92 Å². The molecule has 0 saturated heterocycles. The van der Waals surface area contributed by atoms with Gasteiger partial charge in [0.2, 0.25) is 11.1 Å². The minimum Gasteiger partial charge on any atom is -0.328 e. The first-order valence-electron chi connectivity index (χ1n) is 9.42. The lowest BCUT2D eigenvalue weighted by molar-refractivity contribution is -0.113. The molecule has 2 aromatic heterocycles. The zero-order chi connectivity index (χ0) is 20.4. The van der Waals surface area contributed by atoms with E-state index in [-0.39, 0.29) is 5.91 Å². The molecule has 3 aromatic rings. The van der Waals surface area contributed by atoms with Gasteiger partial charge in [-0.2, -0.15) is 4.98 Å². The third-order valence-electron chi connectivity index (χ3n) is 4.65. The molecule has 7 nitrogen and oxygen atoms in total. The number of fused-ring (bicyclic) bond motifs is 1. The first kappa shape index (κ1) is 19.2. The van der Waals surface area contributed by atoms with Crippen LogP contribution in [0.1, 0.15) is 31.0 Å². The molecule has 8 heteroatoms. The van der Waals surface area contributed by atoms with Gasteiger partial charge in [-0.15, -0.1) is 5.10 Å². The second kappa shape index (κ2) is 8.08. The normalized spacial score (nSPS) is 15.6. The first-order valence-corrected chi connectivity index (χ1v) is 10.4. The van der Waals surface area contributed by atoms with Gasteiger partial charge in [0.1, 0.15) is 6.04 Å². The van der Waals surface area contributed by atoms with Gasteiger partial charge in [0, 0.05) is 23.8 Å². The molecule has 1 amide bonds. The van der Waals surface area contributed by atoms with E-state index >= 15 is 0 Å². The molecule has 0 fully saturated rings. The highest BCUT2D eigenvalue weighted by molar-refractivity contribution is 7.99. The Kier molecular flexibility index (Phi) is 5.35. The maximum atomic E-state index is 13.3. The summed E-state index contributed by atoms with van der Waals surface area (Å²) in [5.74, 6) is 1.33. The Bertz CT molecular complexity index is 1080. The van der Waals surface area contributed by atoms with Crippen molar-refractivity contribution >= 4 is 29.3 Å². The first-order chi connectivity index (χ1) is 14.1. The van der Waals surface area contributed by atoms with Crippen LogP contribution in [-0.4, -0.2) is 31.4 Å². The Balaban J connectivity index is 1.76. The van der Waals surface area contributed by atoms with Crippen molar-refractivity contribution in [2.45, 2.75) is 32.0 Å². The number of aromatic nitrogens is 4. The van der Waals surface area contributed by atoms with Crippen LogP contribution in [0.5, 0.6) is 0 Å². The Morgan fingerprint density at radius 2 is 2.03 bits per heavy atom. The fourth-order valence-corrected chi connectivity index (χ4v) is 3.95. The monoisotopic (exact) mass is 406 g/mol. The Labute approximate surface area is 173 Å². The van der Waals surface area contributed by atoms with Crippen LogP contribution in [-0.2, 0) is 4.79 Å². The molecule has 1 aliphatic heterocycles. The number of allylic oxidation sites excluding steroid dienone is 1. The molecule has 0 spiro atoms. The van der Waals surface area contributed by atoms with Crippen molar-refractivity contribution in [2.75, 3.05) is 16.4 Å². The number of aryl methyl sites for hydroxylation is 1. The van der Waals surface area contributed by atoms with E-state index in [1.165, 1.54) is 0 Å². The van der Waals surface area contributed by atoms with Crippen LogP contribution in [0.25, 0.3) is 0 Å². The van der Waals surface area contributed by atoms with E-state index in [0.29, 0.717) is 16.7 Å². The van der Waals surface area contributed by atoms with Crippen LogP contribution in [0.3, 0.4) is 0 Å². The molecule has 148 valence electrons. The number of benzene rings is 1. The van der Waals surface area contributed by atoms with Gasteiger partial charge in [0.25, 0.3) is 5.91 Å². The van der Waals surface area contributed by atoms with E-state index in [0.717, 1.165) is 28.3 Å². The summed E-state index contributed by atoms with van der Waals surface area (Å²) in [7, 11) is 0. The van der Waals surface area contributed by atoms with E-state index in [1.54, 1.807) is 28.8 Å². The summed E-state index contributed by atoms with van der Waals surface area (Å²) in [6, 6.07) is 11.2. The number of hydrogen-bond acceptors (Lipinski definition) is 6. The van der Waals surface area contributed by atoms with Crippen molar-refractivity contribution < 1.29 is 4.79 Å². The van der Waals surface area contributed by atoms with Crippen molar-refractivity contribution in [3.8, 4) is 0 Å². The van der Waals surface area contributed by atoms with Gasteiger partial charge in [-0.25, -0.2) is 4.68 Å². The Hall–Kier alpha value is -3.13. The van der Waals surface area contributed by atoms with Crippen LogP contribution in [0.4, 0.5) is 11.6 Å². The maximum absolute atomic E-state index is 13.3. The number of carbonyl (C=O) groups is 1. The smallest absolute Gasteiger partial charge is 0.255 e. The standard InChI is InChI=1S/C21H22N6OS/c1-4-29-21-25-20-23-14(3)17(19(28)24-16-7-5-6-13(2)12-16)18(27(20)26-21)15-8-10-22-11-9-15/h5-12,18H,4H2,1-3H3,(H,24,28)(H,23,25,26). The molecule has 1 aliphatic rings. The largest absolute Gasteiger partial charge is 0.328 e. The lowest BCUT2D eigenvalue weighted by Gasteiger charge is -2.28. The number of thioether (sulfide) groups is 1. The number of carbonyl (C=O) groups excluding carboxylic acids is 1. The van der Waals surface area contributed by atoms with E-state index in [1.807, 2.05) is 50.2 Å². The summed E-state index contributed by atoms with van der Waals surface area (Å²) in [6.07, 6.45) is 3.45. The Morgan fingerprint density at radius 3 is 2.76 bits per heavy atom. The average molecular weight is 407 g/mol. The van der Waals surface area contributed by atoms with Crippen molar-refractivity contribution in [1.29, 1.82) is 0 Å². The number of pyridine rings is 1. The van der Waals surface area contributed by atoms with Gasteiger partial charge in [0.15, 0.2) is 0 Å². The maximum Gasteiger partial charge on any atom is 0.255 e. The zero-order valence-electron chi connectivity index (χ0n) is 16.5. The van der Waals surface area contributed by atoms with Gasteiger partial charge in [-0.05, 0) is 55.0 Å². The number of hydrogen-bond donors (Lipinski definition) is 2. The fraction of sp³-hybridized carbons (Fsp3) is 0.238. The average Bonchev–Trinajstić information content (AvgIpc) is 3.09. The minimum absolute atomic E-state index is 0.173. The lowest BCUT2D eigenvalue weighted by atomic mass is 9.96. The molecule has 1 unspecified atom stereocenters. The van der Waals surface area contributed by atoms with E-state index in [2.05, 4.69) is 32.6 Å². The highest BCUT2D eigenvalue weighted by Crippen LogP contribution is 2.36. The third kappa shape index (κ3) is 3.88. The van der Waals surface area contributed by atoms with Gasteiger partial charge in [0.05, 0.1) is 5.57 Å². The number of anilines is 2. The predicted molar refractivity (Wildman–Crippen MR) is 115 cm³/mol. The van der Waals surface area contributed by atoms with Crippen molar-refractivity contribution in [1.82, 2.24) is 19.7 Å². The summed E-state index contributed by atoms with van der Waals surface area (Å²) in [5, 5.41) is 11.6. The van der Waals surface area contributed by atoms with Crippen molar-refractivity contribution in [3.05, 3.63) is 71.2 Å². The van der Waals surface area contributed by atoms with Crippen LogP contribution < -0.4 is 10.6 Å². The third-order valence-corrected chi connectivity index (χ3v) is 5.37. The SMILES string of the molecule is CCSc1nc2n(n1)C(c1ccncc1)C(C(=O)Nc1cccc(C)c1)=C(C)N2. The van der Waals surface area contributed by atoms with Crippen molar-refractivity contribution in [3.63, 3.8) is 0 Å². The fourth-order valence-electron chi connectivity index (χ4n) is 3.39. The number of nitrogens with one attached hydrogen (secondary N) is 2. The number of nitrogens with zero attached hydrogens (tertiary/aromatic N) is 4. The second-order valence-corrected chi connectivity index (χ2v) is 8.00. The molecule has 4 rings (SSSR count). The highest BCUT2D eigenvalue weighted by Gasteiger charge is 2.34. The van der Waals surface area contributed by atoms with E-state index < -0.39 is 6.04 Å². The van der Waals surface area contributed by atoms with Gasteiger partial charge < -0.3 is 10.6 Å². The lowest BCUT2D eigenvalue weighted by Crippen LogP contribution is -2.31. The zero-order valence-corrected chi connectivity index (χ0v) is 17.3.